The summed E-state index contributed by atoms with van der Waals surface area (Å²) < 4.78 is 5.18. The van der Waals surface area contributed by atoms with Gasteiger partial charge in [-0.05, 0) is 73.9 Å². The molecule has 4 amide bonds. The van der Waals surface area contributed by atoms with Crippen molar-refractivity contribution in [3.05, 3.63) is 129 Å². The molecule has 18 nitrogen and oxygen atoms in total. The van der Waals surface area contributed by atoms with Crippen LogP contribution in [0.15, 0.2) is 100 Å². The number of nitrogens with zero attached hydrogens (tertiary/aromatic N) is 6. The van der Waals surface area contributed by atoms with Gasteiger partial charge in [0, 0.05) is 55.2 Å². The fraction of sp³-hybridized carbons (Fsp3) is 0.200. The number of aromatic nitrogens is 4. The predicted molar refractivity (Wildman–Crippen MR) is 245 cm³/mol. The summed E-state index contributed by atoms with van der Waals surface area (Å²) in [6.45, 7) is 1.13. The van der Waals surface area contributed by atoms with Crippen LogP contribution in [-0.2, 0) is 9.59 Å². The van der Waals surface area contributed by atoms with E-state index in [1.807, 2.05) is 0 Å². The second-order valence-corrected chi connectivity index (χ2v) is 16.0. The number of nitrogens with one attached hydrogen (secondary N) is 3. The van der Waals surface area contributed by atoms with Crippen molar-refractivity contribution in [1.82, 2.24) is 35.5 Å². The van der Waals surface area contributed by atoms with Gasteiger partial charge >= 0.3 is 5.88 Å². The smallest absolute Gasteiger partial charge is 0.433 e. The normalized spacial score (nSPS) is 11.1. The molecule has 65 heavy (non-hydrogen) atoms. The van der Waals surface area contributed by atoms with Crippen molar-refractivity contribution in [1.29, 1.82) is 0 Å². The van der Waals surface area contributed by atoms with E-state index in [2.05, 4.69) is 35.9 Å². The Morgan fingerprint density at radius 1 is 0.708 bits per heavy atom. The van der Waals surface area contributed by atoms with Crippen LogP contribution in [0.2, 0.25) is 0 Å². The number of benzene rings is 3. The topological polar surface area (TPSA) is 256 Å². The highest BCUT2D eigenvalue weighted by Crippen LogP contribution is 2.32. The largest absolute Gasteiger partial charge is 0.507 e. The van der Waals surface area contributed by atoms with Crippen molar-refractivity contribution in [2.24, 2.45) is 0 Å². The zero-order valence-electron chi connectivity index (χ0n) is 34.5. The number of fused-ring (bicyclic) bond motifs is 1. The Kier molecular flexibility index (Phi) is 14.9. The van der Waals surface area contributed by atoms with Crippen LogP contribution in [-0.4, -0.2) is 89.8 Å². The number of rotatable bonds is 20. The highest BCUT2D eigenvalue weighted by molar-refractivity contribution is 7.13. The van der Waals surface area contributed by atoms with E-state index in [0.717, 1.165) is 0 Å². The number of phenolic OH excluding ortho intramolecular Hbond substituents is 2. The Morgan fingerprint density at radius 2 is 1.31 bits per heavy atom. The summed E-state index contributed by atoms with van der Waals surface area (Å²) in [7, 11) is 0. The van der Waals surface area contributed by atoms with E-state index in [1.165, 1.54) is 47.0 Å². The Balaban J connectivity index is 0.944. The minimum Gasteiger partial charge on any atom is -0.507 e. The van der Waals surface area contributed by atoms with Crippen LogP contribution in [0.4, 0.5) is 11.7 Å². The molecule has 3 aromatic carbocycles. The van der Waals surface area contributed by atoms with E-state index >= 15 is 0 Å². The molecule has 0 aliphatic carbocycles. The van der Waals surface area contributed by atoms with Crippen molar-refractivity contribution in [3.8, 4) is 32.6 Å². The van der Waals surface area contributed by atoms with Gasteiger partial charge in [0.25, 0.3) is 11.8 Å². The average molecular weight is 916 g/mol. The zero-order valence-corrected chi connectivity index (χ0v) is 36.1. The number of aromatic hydroxyl groups is 2. The number of anilines is 1. The summed E-state index contributed by atoms with van der Waals surface area (Å²) in [5.74, 6) is -1.18. The molecule has 0 atom stereocenters. The summed E-state index contributed by atoms with van der Waals surface area (Å²) in [5.41, 5.74) is 2.00. The lowest BCUT2D eigenvalue weighted by molar-refractivity contribution is -0.402. The predicted octanol–water partition coefficient (Wildman–Crippen LogP) is 7.54. The number of thiazole rings is 2. The fourth-order valence-electron chi connectivity index (χ4n) is 6.48. The van der Waals surface area contributed by atoms with Crippen LogP contribution in [0.3, 0.4) is 0 Å². The molecular formula is C45H41N9O9S2. The summed E-state index contributed by atoms with van der Waals surface area (Å²) in [4.78, 5) is 82.6. The third-order valence-corrected chi connectivity index (χ3v) is 11.5. The van der Waals surface area contributed by atoms with Crippen molar-refractivity contribution >= 4 is 81.1 Å². The summed E-state index contributed by atoms with van der Waals surface area (Å²) in [5, 5.41) is 44.7. The maximum atomic E-state index is 13.7. The molecule has 0 radical (unpaired) electrons. The third kappa shape index (κ3) is 12.0. The number of para-hydroxylation sites is 3. The molecular weight excluding hydrogens is 875 g/mol. The van der Waals surface area contributed by atoms with Crippen LogP contribution < -0.4 is 16.0 Å². The van der Waals surface area contributed by atoms with E-state index in [4.69, 9.17) is 4.42 Å². The van der Waals surface area contributed by atoms with E-state index in [-0.39, 0.29) is 78.0 Å². The molecule has 0 spiro atoms. The van der Waals surface area contributed by atoms with Gasteiger partial charge in [0.1, 0.15) is 49.4 Å². The van der Waals surface area contributed by atoms with Gasteiger partial charge in [-0.1, -0.05) is 36.4 Å². The first kappa shape index (κ1) is 45.2. The number of unbranched alkanes of at least 4 members (excludes halogenated alkanes) is 1. The monoisotopic (exact) mass is 915 g/mol. The van der Waals surface area contributed by atoms with Gasteiger partial charge in [-0.25, -0.2) is 19.9 Å². The van der Waals surface area contributed by atoms with Crippen LogP contribution in [0.5, 0.6) is 11.5 Å². The zero-order chi connectivity index (χ0) is 45.7. The molecule has 0 fully saturated rings. The number of nitro groups is 1. The highest BCUT2D eigenvalue weighted by atomic mass is 32.1. The molecule has 332 valence electrons. The van der Waals surface area contributed by atoms with Crippen LogP contribution >= 0.6 is 22.7 Å². The molecule has 0 aliphatic rings. The van der Waals surface area contributed by atoms with Crippen molar-refractivity contribution in [3.63, 3.8) is 0 Å². The van der Waals surface area contributed by atoms with Gasteiger partial charge < -0.3 is 35.5 Å². The quantitative estimate of drug-likeness (QED) is 0.0282. The maximum Gasteiger partial charge on any atom is 0.433 e. The molecule has 0 saturated carbocycles. The lowest BCUT2D eigenvalue weighted by atomic mass is 10.2. The van der Waals surface area contributed by atoms with E-state index < -0.39 is 22.6 Å². The number of hydrogen-bond donors (Lipinski definition) is 5. The number of furan rings is 1. The fourth-order valence-corrected chi connectivity index (χ4v) is 8.15. The molecule has 4 heterocycles. The first-order chi connectivity index (χ1) is 31.5. The van der Waals surface area contributed by atoms with Gasteiger partial charge in [0.05, 0.1) is 22.7 Å². The van der Waals surface area contributed by atoms with Crippen LogP contribution in [0, 0.1) is 10.1 Å². The molecule has 20 heteroatoms. The Labute approximate surface area is 378 Å². The summed E-state index contributed by atoms with van der Waals surface area (Å²) >= 11 is 2.48. The minimum absolute atomic E-state index is 0.0568. The Hall–Kier alpha value is -7.84. The first-order valence-electron chi connectivity index (χ1n) is 20.3. The number of amides is 4. The lowest BCUT2D eigenvalue weighted by Crippen LogP contribution is -2.36. The van der Waals surface area contributed by atoms with Crippen LogP contribution in [0.1, 0.15) is 64.7 Å². The minimum atomic E-state index is -0.647. The van der Waals surface area contributed by atoms with Gasteiger partial charge in [-0.15, -0.1) is 22.7 Å². The van der Waals surface area contributed by atoms with Gasteiger partial charge in [-0.3, -0.25) is 29.3 Å². The van der Waals surface area contributed by atoms with Crippen LogP contribution in [0.25, 0.3) is 44.2 Å². The lowest BCUT2D eigenvalue weighted by Gasteiger charge is -2.23. The molecule has 0 unspecified atom stereocenters. The second-order valence-electron chi connectivity index (χ2n) is 14.3. The highest BCUT2D eigenvalue weighted by Gasteiger charge is 2.19. The van der Waals surface area contributed by atoms with Gasteiger partial charge in [-0.2, -0.15) is 0 Å². The number of hydrogen-bond acceptors (Lipinski definition) is 15. The van der Waals surface area contributed by atoms with E-state index in [1.54, 1.807) is 88.5 Å². The van der Waals surface area contributed by atoms with Gasteiger partial charge in [0.15, 0.2) is 5.82 Å². The molecule has 7 aromatic rings. The number of carbonyl (C=O) groups excluding carboxylic acids is 4. The maximum absolute atomic E-state index is 13.7. The second kappa shape index (κ2) is 21.5. The van der Waals surface area contributed by atoms with Crippen molar-refractivity contribution in [2.45, 2.75) is 32.1 Å². The molecule has 0 aliphatic heterocycles. The third-order valence-electron chi connectivity index (χ3n) is 9.76. The van der Waals surface area contributed by atoms with Crippen molar-refractivity contribution in [2.75, 3.05) is 31.5 Å². The summed E-state index contributed by atoms with van der Waals surface area (Å²) in [6, 6.07) is 23.2. The molecule has 0 bridgehead atoms. The SMILES string of the molecule is O=C(CCC(=O)N(CCCCNC(=O)c1csc(-c2ccccc2O)n1)CCCNC(=O)c1csc(-c2ccccc2O)n1)Nc1nc(C=Cc2ccc([N+](=O)[O-])o2)nc2ccccc12. The first-order valence-corrected chi connectivity index (χ1v) is 22.1. The molecule has 5 N–H and O–H groups in total. The standard InChI is InChI=1S/C45H41N9O9S2/c55-35-14-5-2-11-30(35)44-49-33(26-64-44)42(59)46-22-7-8-24-53(25-9-23-47-43(60)34-27-65-45(50-34)31-12-3-6-15-36(31)56)39(58)20-19-38(57)52-41-29-10-1-4-13-32(29)48-37(51-41)18-16-28-17-21-40(63-28)54(61)62/h1-6,10-18,21,26-27,55-56H,7-9,19-20,22-25H2,(H,46,59)(H,47,60)(H,48,51,52,57). The molecule has 0 saturated heterocycles. The Bertz CT molecular complexity index is 2870. The van der Waals surface area contributed by atoms with E-state index in [9.17, 15) is 39.5 Å². The molecule has 7 rings (SSSR count). The average Bonchev–Trinajstić information content (AvgIpc) is 4.11. The number of phenols is 2. The van der Waals surface area contributed by atoms with Crippen molar-refractivity contribution < 1.29 is 38.7 Å². The summed E-state index contributed by atoms with van der Waals surface area (Å²) in [6.07, 6.45) is 4.12. The van der Waals surface area contributed by atoms with Gasteiger partial charge in [0.2, 0.25) is 11.8 Å². The molecule has 4 aromatic heterocycles. The van der Waals surface area contributed by atoms with E-state index in [0.29, 0.717) is 64.4 Å². The number of carbonyl (C=O) groups is 4. The Morgan fingerprint density at radius 3 is 1.94 bits per heavy atom.